The van der Waals surface area contributed by atoms with E-state index in [-0.39, 0.29) is 0 Å². The van der Waals surface area contributed by atoms with Gasteiger partial charge in [0.25, 0.3) is 0 Å². The second kappa shape index (κ2) is 6.53. The first-order valence-corrected chi connectivity index (χ1v) is 8.87. The van der Waals surface area contributed by atoms with Crippen LogP contribution >= 0.6 is 22.9 Å². The van der Waals surface area contributed by atoms with Crippen molar-refractivity contribution >= 4 is 28.5 Å². The third-order valence-electron chi connectivity index (χ3n) is 4.26. The molecule has 0 saturated heterocycles. The minimum atomic E-state index is 0.347. The molecule has 1 atom stereocenters. The fourth-order valence-corrected chi connectivity index (χ4v) is 4.08. The van der Waals surface area contributed by atoms with Gasteiger partial charge in [0.05, 0.1) is 5.01 Å². The van der Waals surface area contributed by atoms with E-state index in [0.29, 0.717) is 5.92 Å². The number of nitrogens with zero attached hydrogens (tertiary/aromatic N) is 2. The Hall–Kier alpha value is -1.16. The van der Waals surface area contributed by atoms with Crippen molar-refractivity contribution in [2.45, 2.75) is 25.7 Å². The van der Waals surface area contributed by atoms with Gasteiger partial charge < -0.3 is 4.90 Å². The average Bonchev–Trinajstić information content (AvgIpc) is 3.11. The normalized spacial score (nSPS) is 15.5. The number of aromatic nitrogens is 1. The maximum Gasteiger partial charge on any atom is 0.0997 e. The van der Waals surface area contributed by atoms with E-state index >= 15 is 0 Å². The lowest BCUT2D eigenvalue weighted by Gasteiger charge is -2.16. The van der Waals surface area contributed by atoms with Crippen molar-refractivity contribution < 1.29 is 0 Å². The van der Waals surface area contributed by atoms with Gasteiger partial charge in [-0.2, -0.15) is 0 Å². The maximum atomic E-state index is 6.19. The summed E-state index contributed by atoms with van der Waals surface area (Å²) in [5, 5.41) is 4.08. The molecule has 0 saturated carbocycles. The second-order valence-corrected chi connectivity index (χ2v) is 7.50. The van der Waals surface area contributed by atoms with Gasteiger partial charge in [0, 0.05) is 29.1 Å². The zero-order valence-corrected chi connectivity index (χ0v) is 14.8. The predicted octanol–water partition coefficient (Wildman–Crippen LogP) is 4.86. The summed E-state index contributed by atoms with van der Waals surface area (Å²) >= 11 is 7.93. The monoisotopic (exact) mass is 332 g/mol. The molecule has 0 amide bonds. The van der Waals surface area contributed by atoms with Gasteiger partial charge in [-0.25, -0.2) is 4.98 Å². The van der Waals surface area contributed by atoms with Gasteiger partial charge in [-0.05, 0) is 55.8 Å². The molecule has 3 rings (SSSR count). The summed E-state index contributed by atoms with van der Waals surface area (Å²) in [6.45, 7) is 3.35. The van der Waals surface area contributed by atoms with E-state index in [4.69, 9.17) is 11.6 Å². The Balaban J connectivity index is 1.99. The molecular weight excluding hydrogens is 312 g/mol. The number of benzene rings is 1. The van der Waals surface area contributed by atoms with E-state index in [2.05, 4.69) is 48.4 Å². The zero-order valence-electron chi connectivity index (χ0n) is 13.3. The molecule has 0 radical (unpaired) electrons. The standard InChI is InChI=1S/C18H21ClN2S/c1-12(18-20-7-9-22-18)17-13(6-8-21(2)3)10-14-11-15(19)4-5-16(14)17/h4-5,7,9,11-12H,6,8,10H2,1-3H3. The van der Waals surface area contributed by atoms with Crippen LogP contribution in [0.15, 0.2) is 35.3 Å². The fraction of sp³-hybridized carbons (Fsp3) is 0.389. The number of rotatable bonds is 5. The second-order valence-electron chi connectivity index (χ2n) is 6.14. The summed E-state index contributed by atoms with van der Waals surface area (Å²) < 4.78 is 0. The number of allylic oxidation sites excluding steroid dienone is 1. The van der Waals surface area contributed by atoms with Gasteiger partial charge in [-0.3, -0.25) is 0 Å². The van der Waals surface area contributed by atoms with Crippen molar-refractivity contribution in [2.24, 2.45) is 0 Å². The van der Waals surface area contributed by atoms with Gasteiger partial charge in [0.1, 0.15) is 0 Å². The minimum absolute atomic E-state index is 0.347. The molecule has 0 fully saturated rings. The summed E-state index contributed by atoms with van der Waals surface area (Å²) in [6, 6.07) is 6.30. The minimum Gasteiger partial charge on any atom is -0.309 e. The van der Waals surface area contributed by atoms with E-state index in [0.717, 1.165) is 24.4 Å². The molecule has 1 heterocycles. The molecule has 4 heteroatoms. The first-order chi connectivity index (χ1) is 10.6. The SMILES string of the molecule is CC(C1=C(CCN(C)C)Cc2cc(Cl)ccc21)c1nccs1. The van der Waals surface area contributed by atoms with E-state index in [1.54, 1.807) is 11.3 Å². The van der Waals surface area contributed by atoms with Crippen LogP contribution in [0.2, 0.25) is 5.02 Å². The lowest BCUT2D eigenvalue weighted by Crippen LogP contribution is -2.14. The molecule has 2 nitrogen and oxygen atoms in total. The first-order valence-electron chi connectivity index (χ1n) is 7.61. The molecule has 0 bridgehead atoms. The summed E-state index contributed by atoms with van der Waals surface area (Å²) in [4.78, 5) is 6.77. The highest BCUT2D eigenvalue weighted by atomic mass is 35.5. The van der Waals surface area contributed by atoms with Crippen LogP contribution in [0, 0.1) is 0 Å². The van der Waals surface area contributed by atoms with Crippen LogP contribution in [-0.2, 0) is 6.42 Å². The summed E-state index contributed by atoms with van der Waals surface area (Å²) in [6.07, 6.45) is 4.02. The van der Waals surface area contributed by atoms with Crippen molar-refractivity contribution in [1.82, 2.24) is 9.88 Å². The number of hydrogen-bond donors (Lipinski definition) is 0. The molecule has 1 unspecified atom stereocenters. The van der Waals surface area contributed by atoms with Gasteiger partial charge in [0.15, 0.2) is 0 Å². The Morgan fingerprint density at radius 2 is 2.18 bits per heavy atom. The van der Waals surface area contributed by atoms with Crippen LogP contribution in [0.25, 0.3) is 5.57 Å². The van der Waals surface area contributed by atoms with Crippen LogP contribution in [0.3, 0.4) is 0 Å². The highest BCUT2D eigenvalue weighted by Gasteiger charge is 2.27. The highest BCUT2D eigenvalue weighted by molar-refractivity contribution is 7.09. The zero-order chi connectivity index (χ0) is 15.7. The van der Waals surface area contributed by atoms with Crippen LogP contribution in [-0.4, -0.2) is 30.5 Å². The summed E-state index contributed by atoms with van der Waals surface area (Å²) in [5.74, 6) is 0.347. The number of hydrogen-bond acceptors (Lipinski definition) is 3. The van der Waals surface area contributed by atoms with E-state index in [9.17, 15) is 0 Å². The van der Waals surface area contributed by atoms with Crippen LogP contribution < -0.4 is 0 Å². The van der Waals surface area contributed by atoms with Crippen molar-refractivity contribution in [3.05, 3.63) is 56.5 Å². The Kier molecular flexibility index (Phi) is 4.67. The molecule has 0 spiro atoms. The van der Waals surface area contributed by atoms with E-state index in [1.807, 2.05) is 12.3 Å². The smallest absolute Gasteiger partial charge is 0.0997 e. The Morgan fingerprint density at radius 1 is 1.36 bits per heavy atom. The number of thiazole rings is 1. The largest absolute Gasteiger partial charge is 0.309 e. The molecule has 2 aromatic rings. The Labute approximate surface area is 141 Å². The van der Waals surface area contributed by atoms with Crippen LogP contribution in [0.5, 0.6) is 0 Å². The summed E-state index contributed by atoms with van der Waals surface area (Å²) in [5.41, 5.74) is 5.72. The number of halogens is 1. The van der Waals surface area contributed by atoms with E-state index < -0.39 is 0 Å². The van der Waals surface area contributed by atoms with E-state index in [1.165, 1.54) is 27.3 Å². The Morgan fingerprint density at radius 3 is 2.86 bits per heavy atom. The van der Waals surface area contributed by atoms with Crippen molar-refractivity contribution in [3.63, 3.8) is 0 Å². The first kappa shape index (κ1) is 15.7. The van der Waals surface area contributed by atoms with Crippen molar-refractivity contribution in [3.8, 4) is 0 Å². The molecule has 1 aliphatic rings. The lowest BCUT2D eigenvalue weighted by molar-refractivity contribution is 0.412. The lowest BCUT2D eigenvalue weighted by atomic mass is 9.93. The van der Waals surface area contributed by atoms with Gasteiger partial charge in [0.2, 0.25) is 0 Å². The molecule has 1 aromatic carbocycles. The van der Waals surface area contributed by atoms with Gasteiger partial charge in [-0.1, -0.05) is 30.2 Å². The average molecular weight is 333 g/mol. The maximum absolute atomic E-state index is 6.19. The fourth-order valence-electron chi connectivity index (χ4n) is 3.18. The van der Waals surface area contributed by atoms with Crippen LogP contribution in [0.1, 0.15) is 35.4 Å². The Bertz CT molecular complexity index is 689. The molecule has 1 aliphatic carbocycles. The summed E-state index contributed by atoms with van der Waals surface area (Å²) in [7, 11) is 4.26. The number of fused-ring (bicyclic) bond motifs is 1. The quantitative estimate of drug-likeness (QED) is 0.777. The van der Waals surface area contributed by atoms with Gasteiger partial charge >= 0.3 is 0 Å². The van der Waals surface area contributed by atoms with Gasteiger partial charge in [-0.15, -0.1) is 11.3 Å². The molecule has 22 heavy (non-hydrogen) atoms. The predicted molar refractivity (Wildman–Crippen MR) is 95.8 cm³/mol. The highest BCUT2D eigenvalue weighted by Crippen LogP contribution is 2.44. The molecule has 0 aliphatic heterocycles. The third kappa shape index (κ3) is 3.12. The molecule has 0 N–H and O–H groups in total. The topological polar surface area (TPSA) is 16.1 Å². The van der Waals surface area contributed by atoms with Crippen molar-refractivity contribution in [1.29, 1.82) is 0 Å². The molecular formula is C18H21ClN2S. The van der Waals surface area contributed by atoms with Crippen molar-refractivity contribution in [2.75, 3.05) is 20.6 Å². The van der Waals surface area contributed by atoms with Crippen LogP contribution in [0.4, 0.5) is 0 Å². The third-order valence-corrected chi connectivity index (χ3v) is 5.45. The molecule has 1 aromatic heterocycles. The molecule has 116 valence electrons.